The maximum absolute atomic E-state index is 5.49. The molecule has 1 saturated carbocycles. The molecule has 6 heteroatoms. The quantitative estimate of drug-likeness (QED) is 0.788. The Morgan fingerprint density at radius 2 is 1.89 bits per heavy atom. The zero-order valence-electron chi connectivity index (χ0n) is 11.9. The summed E-state index contributed by atoms with van der Waals surface area (Å²) in [7, 11) is 0. The molecule has 1 aliphatic carbocycles. The van der Waals surface area contributed by atoms with Gasteiger partial charge in [-0.3, -0.25) is 0 Å². The van der Waals surface area contributed by atoms with Gasteiger partial charge in [0.1, 0.15) is 0 Å². The summed E-state index contributed by atoms with van der Waals surface area (Å²) in [5.74, 6) is 1.97. The summed E-state index contributed by atoms with van der Waals surface area (Å²) in [4.78, 5) is 12.9. The van der Waals surface area contributed by atoms with Gasteiger partial charge < -0.3 is 15.4 Å². The number of hydrogen-bond acceptors (Lipinski definition) is 6. The molecule has 6 nitrogen and oxygen atoms in total. The van der Waals surface area contributed by atoms with Gasteiger partial charge in [-0.2, -0.15) is 15.0 Å². The minimum atomic E-state index is 0.391. The molecule has 1 fully saturated rings. The van der Waals surface area contributed by atoms with E-state index in [4.69, 9.17) is 4.74 Å². The third kappa shape index (κ3) is 3.94. The first-order valence-electron chi connectivity index (χ1n) is 7.10. The van der Waals surface area contributed by atoms with E-state index < -0.39 is 0 Å². The number of hydrogen-bond donors (Lipinski definition) is 2. The van der Waals surface area contributed by atoms with Gasteiger partial charge >= 0.3 is 6.01 Å². The molecule has 19 heavy (non-hydrogen) atoms. The first-order valence-corrected chi connectivity index (χ1v) is 7.10. The van der Waals surface area contributed by atoms with E-state index in [0.29, 0.717) is 30.6 Å². The lowest BCUT2D eigenvalue weighted by Crippen LogP contribution is -2.34. The zero-order valence-corrected chi connectivity index (χ0v) is 11.9. The molecule has 0 unspecified atom stereocenters. The Hall–Kier alpha value is -1.59. The molecular formula is C13H23N5O. The second-order valence-corrected chi connectivity index (χ2v) is 5.06. The second kappa shape index (κ2) is 6.54. The molecule has 1 aromatic heterocycles. The summed E-state index contributed by atoms with van der Waals surface area (Å²) < 4.78 is 5.49. The van der Waals surface area contributed by atoms with Gasteiger partial charge in [0.25, 0.3) is 0 Å². The molecule has 1 aliphatic rings. The van der Waals surface area contributed by atoms with Crippen LogP contribution in [0, 0.1) is 5.92 Å². The van der Waals surface area contributed by atoms with Crippen LogP contribution in [-0.4, -0.2) is 34.1 Å². The number of ether oxygens (including phenoxy) is 1. The summed E-state index contributed by atoms with van der Waals surface area (Å²) >= 11 is 0. The Morgan fingerprint density at radius 3 is 2.53 bits per heavy atom. The molecular weight excluding hydrogens is 242 g/mol. The Balaban J connectivity index is 2.04. The van der Waals surface area contributed by atoms with Crippen molar-refractivity contribution in [2.24, 2.45) is 5.92 Å². The average molecular weight is 265 g/mol. The largest absolute Gasteiger partial charge is 0.463 e. The topological polar surface area (TPSA) is 72.0 Å². The fraction of sp³-hybridized carbons (Fsp3) is 0.769. The molecule has 0 radical (unpaired) electrons. The van der Waals surface area contributed by atoms with Crippen LogP contribution in [0.2, 0.25) is 0 Å². The molecule has 0 amide bonds. The summed E-state index contributed by atoms with van der Waals surface area (Å²) in [5, 5.41) is 6.44. The van der Waals surface area contributed by atoms with Gasteiger partial charge in [0, 0.05) is 12.6 Å². The van der Waals surface area contributed by atoms with Crippen molar-refractivity contribution in [2.45, 2.75) is 46.1 Å². The van der Waals surface area contributed by atoms with Crippen LogP contribution in [0.25, 0.3) is 0 Å². The van der Waals surface area contributed by atoms with Crippen molar-refractivity contribution in [3.63, 3.8) is 0 Å². The van der Waals surface area contributed by atoms with E-state index in [9.17, 15) is 0 Å². The van der Waals surface area contributed by atoms with Gasteiger partial charge in [0.05, 0.1) is 6.61 Å². The standard InChI is InChI=1S/C13H23N5O/c1-4-6-19-13-17-11(14-5-2)16-12(18-13)15-10-7-9(3)8-10/h9-10H,4-8H2,1-3H3,(H2,14,15,16,17,18). The molecule has 0 saturated heterocycles. The van der Waals surface area contributed by atoms with Crippen LogP contribution in [0.15, 0.2) is 0 Å². The molecule has 1 aromatic rings. The lowest BCUT2D eigenvalue weighted by molar-refractivity contribution is 0.289. The van der Waals surface area contributed by atoms with Gasteiger partial charge in [0.15, 0.2) is 0 Å². The summed E-state index contributed by atoms with van der Waals surface area (Å²) in [6.45, 7) is 7.72. The SMILES string of the molecule is CCCOc1nc(NCC)nc(NC2CC(C)C2)n1. The van der Waals surface area contributed by atoms with Gasteiger partial charge in [-0.05, 0) is 32.1 Å². The Bertz CT molecular complexity index is 406. The predicted molar refractivity (Wildman–Crippen MR) is 75.6 cm³/mol. The third-order valence-corrected chi connectivity index (χ3v) is 3.09. The molecule has 1 heterocycles. The first kappa shape index (κ1) is 13.8. The number of nitrogens with one attached hydrogen (secondary N) is 2. The molecule has 0 aromatic carbocycles. The Morgan fingerprint density at radius 1 is 1.16 bits per heavy atom. The van der Waals surface area contributed by atoms with E-state index in [1.54, 1.807) is 0 Å². The van der Waals surface area contributed by atoms with Crippen LogP contribution in [-0.2, 0) is 0 Å². The van der Waals surface area contributed by atoms with Crippen LogP contribution in [0.5, 0.6) is 6.01 Å². The van der Waals surface area contributed by atoms with Gasteiger partial charge in [-0.15, -0.1) is 0 Å². The highest BCUT2D eigenvalue weighted by molar-refractivity contribution is 5.37. The number of anilines is 2. The molecule has 2 N–H and O–H groups in total. The lowest BCUT2D eigenvalue weighted by atomic mass is 9.82. The smallest absolute Gasteiger partial charge is 0.323 e. The minimum Gasteiger partial charge on any atom is -0.463 e. The molecule has 2 rings (SSSR count). The van der Waals surface area contributed by atoms with Crippen molar-refractivity contribution in [3.8, 4) is 6.01 Å². The van der Waals surface area contributed by atoms with Crippen molar-refractivity contribution in [2.75, 3.05) is 23.8 Å². The highest BCUT2D eigenvalue weighted by atomic mass is 16.5. The average Bonchev–Trinajstić information content (AvgIpc) is 2.35. The third-order valence-electron chi connectivity index (χ3n) is 3.09. The van der Waals surface area contributed by atoms with E-state index in [-0.39, 0.29) is 0 Å². The van der Waals surface area contributed by atoms with Gasteiger partial charge in [0.2, 0.25) is 11.9 Å². The zero-order chi connectivity index (χ0) is 13.7. The summed E-state index contributed by atoms with van der Waals surface area (Å²) in [5.41, 5.74) is 0. The monoisotopic (exact) mass is 265 g/mol. The first-order chi connectivity index (χ1) is 9.21. The lowest BCUT2D eigenvalue weighted by Gasteiger charge is -2.33. The second-order valence-electron chi connectivity index (χ2n) is 5.06. The molecule has 0 aliphatic heterocycles. The maximum Gasteiger partial charge on any atom is 0.323 e. The van der Waals surface area contributed by atoms with E-state index in [0.717, 1.165) is 18.9 Å². The van der Waals surface area contributed by atoms with E-state index in [1.807, 2.05) is 6.92 Å². The minimum absolute atomic E-state index is 0.391. The highest BCUT2D eigenvalue weighted by Gasteiger charge is 2.26. The highest BCUT2D eigenvalue weighted by Crippen LogP contribution is 2.28. The van der Waals surface area contributed by atoms with Crippen molar-refractivity contribution in [1.82, 2.24) is 15.0 Å². The van der Waals surface area contributed by atoms with Crippen molar-refractivity contribution >= 4 is 11.9 Å². The number of nitrogens with zero attached hydrogens (tertiary/aromatic N) is 3. The fourth-order valence-electron chi connectivity index (χ4n) is 2.12. The molecule has 106 valence electrons. The van der Waals surface area contributed by atoms with Crippen LogP contribution in [0.4, 0.5) is 11.9 Å². The number of aromatic nitrogens is 3. The fourth-order valence-corrected chi connectivity index (χ4v) is 2.12. The van der Waals surface area contributed by atoms with Gasteiger partial charge in [-0.25, -0.2) is 0 Å². The van der Waals surface area contributed by atoms with E-state index in [1.165, 1.54) is 12.8 Å². The maximum atomic E-state index is 5.49. The van der Waals surface area contributed by atoms with E-state index >= 15 is 0 Å². The van der Waals surface area contributed by atoms with Crippen molar-refractivity contribution in [3.05, 3.63) is 0 Å². The van der Waals surface area contributed by atoms with Crippen LogP contribution in [0.3, 0.4) is 0 Å². The number of rotatable bonds is 7. The van der Waals surface area contributed by atoms with Crippen molar-refractivity contribution < 1.29 is 4.74 Å². The Labute approximate surface area is 114 Å². The summed E-state index contributed by atoms with van der Waals surface area (Å²) in [6, 6.07) is 0.869. The van der Waals surface area contributed by atoms with E-state index in [2.05, 4.69) is 39.4 Å². The normalized spacial score (nSPS) is 21.6. The van der Waals surface area contributed by atoms with Crippen molar-refractivity contribution in [1.29, 1.82) is 0 Å². The molecule has 0 atom stereocenters. The predicted octanol–water partition coefficient (Wildman–Crippen LogP) is 2.30. The molecule has 0 spiro atoms. The Kier molecular flexibility index (Phi) is 4.76. The van der Waals surface area contributed by atoms with Crippen LogP contribution in [0.1, 0.15) is 40.0 Å². The van der Waals surface area contributed by atoms with Crippen LogP contribution >= 0.6 is 0 Å². The van der Waals surface area contributed by atoms with Crippen LogP contribution < -0.4 is 15.4 Å². The van der Waals surface area contributed by atoms with Gasteiger partial charge in [-0.1, -0.05) is 13.8 Å². The summed E-state index contributed by atoms with van der Waals surface area (Å²) in [6.07, 6.45) is 3.28. The molecule has 0 bridgehead atoms.